The molecule has 0 amide bonds. The third kappa shape index (κ3) is 4.67. The Balaban J connectivity index is 2.19. The van der Waals surface area contributed by atoms with E-state index < -0.39 is 9.84 Å². The zero-order valence-corrected chi connectivity index (χ0v) is 12.6. The largest absolute Gasteiger partial charge is 0.354 e. The third-order valence-electron chi connectivity index (χ3n) is 2.45. The first kappa shape index (κ1) is 15.2. The molecule has 2 aromatic heterocycles. The molecule has 0 spiro atoms. The molecule has 0 saturated heterocycles. The van der Waals surface area contributed by atoms with Gasteiger partial charge in [0.1, 0.15) is 16.2 Å². The van der Waals surface area contributed by atoms with Gasteiger partial charge in [0.05, 0.1) is 5.75 Å². The average Bonchev–Trinajstić information content (AvgIpc) is 2.91. The molecule has 0 aromatic carbocycles. The lowest BCUT2D eigenvalue weighted by atomic mass is 10.7. The van der Waals surface area contributed by atoms with E-state index in [0.29, 0.717) is 24.4 Å². The van der Waals surface area contributed by atoms with Crippen LogP contribution in [0.3, 0.4) is 0 Å². The molecule has 0 aliphatic carbocycles. The summed E-state index contributed by atoms with van der Waals surface area (Å²) in [5.41, 5.74) is 0. The van der Waals surface area contributed by atoms with Crippen molar-refractivity contribution in [1.29, 1.82) is 0 Å². The molecule has 2 heterocycles. The molecule has 0 saturated carbocycles. The second-order valence-electron chi connectivity index (χ2n) is 4.34. The predicted octanol–water partition coefficient (Wildman–Crippen LogP) is -0.0544. The quantitative estimate of drug-likeness (QED) is 0.731. The lowest BCUT2D eigenvalue weighted by molar-refractivity contribution is 0.602. The van der Waals surface area contributed by atoms with Gasteiger partial charge in [-0.25, -0.2) is 13.4 Å². The van der Waals surface area contributed by atoms with E-state index in [4.69, 9.17) is 0 Å². The zero-order valence-electron chi connectivity index (χ0n) is 11.8. The number of aromatic nitrogens is 5. The number of imidazole rings is 1. The molecule has 0 aliphatic heterocycles. The summed E-state index contributed by atoms with van der Waals surface area (Å²) < 4.78 is 23.9. The smallest absolute Gasteiger partial charge is 0.241 e. The van der Waals surface area contributed by atoms with Crippen LogP contribution in [0.2, 0.25) is 0 Å². The molecule has 0 atom stereocenters. The standard InChI is InChI=1S/C11H17N7O2S/c1-3-13-9-15-10(14-5-7-21(2,19)20)17-11(16-9)18-6-4-12-8-18/h4,6,8H,3,5,7H2,1-2H3,(H2,13,14,15,16,17). The number of hydrogen-bond donors (Lipinski definition) is 2. The van der Waals surface area contributed by atoms with Gasteiger partial charge >= 0.3 is 0 Å². The predicted molar refractivity (Wildman–Crippen MR) is 79.3 cm³/mol. The second kappa shape index (κ2) is 6.48. The molecule has 0 fully saturated rings. The summed E-state index contributed by atoms with van der Waals surface area (Å²) in [4.78, 5) is 16.6. The first-order valence-electron chi connectivity index (χ1n) is 6.38. The number of nitrogens with zero attached hydrogens (tertiary/aromatic N) is 5. The van der Waals surface area contributed by atoms with Crippen molar-refractivity contribution < 1.29 is 8.42 Å². The van der Waals surface area contributed by atoms with Crippen molar-refractivity contribution in [3.05, 3.63) is 18.7 Å². The van der Waals surface area contributed by atoms with Crippen LogP contribution >= 0.6 is 0 Å². The van der Waals surface area contributed by atoms with Crippen molar-refractivity contribution in [3.63, 3.8) is 0 Å². The number of rotatable bonds is 7. The normalized spacial score (nSPS) is 11.3. The van der Waals surface area contributed by atoms with Crippen molar-refractivity contribution >= 4 is 21.7 Å². The number of hydrogen-bond acceptors (Lipinski definition) is 8. The van der Waals surface area contributed by atoms with Crippen LogP contribution in [0.4, 0.5) is 11.9 Å². The van der Waals surface area contributed by atoms with E-state index in [1.165, 1.54) is 6.26 Å². The Bertz CT molecular complexity index is 685. The molecule has 0 bridgehead atoms. The SMILES string of the molecule is CCNc1nc(NCCS(C)(=O)=O)nc(-n2ccnc2)n1. The summed E-state index contributed by atoms with van der Waals surface area (Å²) in [5, 5.41) is 5.89. The van der Waals surface area contributed by atoms with Gasteiger partial charge in [-0.1, -0.05) is 0 Å². The Morgan fingerprint density at radius 1 is 1.19 bits per heavy atom. The van der Waals surface area contributed by atoms with Crippen LogP contribution in [-0.4, -0.2) is 58.0 Å². The summed E-state index contributed by atoms with van der Waals surface area (Å²) in [7, 11) is -3.03. The lowest BCUT2D eigenvalue weighted by Gasteiger charge is -2.09. The monoisotopic (exact) mass is 311 g/mol. The molecule has 0 radical (unpaired) electrons. The highest BCUT2D eigenvalue weighted by molar-refractivity contribution is 7.90. The van der Waals surface area contributed by atoms with Gasteiger partial charge in [-0.3, -0.25) is 4.57 Å². The van der Waals surface area contributed by atoms with Crippen LogP contribution in [-0.2, 0) is 9.84 Å². The molecule has 21 heavy (non-hydrogen) atoms. The van der Waals surface area contributed by atoms with Gasteiger partial charge < -0.3 is 10.6 Å². The Morgan fingerprint density at radius 2 is 1.90 bits per heavy atom. The molecule has 2 N–H and O–H groups in total. The van der Waals surface area contributed by atoms with Gasteiger partial charge in [-0.2, -0.15) is 15.0 Å². The second-order valence-corrected chi connectivity index (χ2v) is 6.60. The maximum Gasteiger partial charge on any atom is 0.241 e. The van der Waals surface area contributed by atoms with Gasteiger partial charge in [0.2, 0.25) is 17.8 Å². The van der Waals surface area contributed by atoms with Crippen molar-refractivity contribution in [1.82, 2.24) is 24.5 Å². The van der Waals surface area contributed by atoms with E-state index >= 15 is 0 Å². The molecule has 2 rings (SSSR count). The van der Waals surface area contributed by atoms with Gasteiger partial charge in [-0.15, -0.1) is 0 Å². The molecule has 0 aliphatic rings. The highest BCUT2D eigenvalue weighted by Crippen LogP contribution is 2.09. The highest BCUT2D eigenvalue weighted by atomic mass is 32.2. The van der Waals surface area contributed by atoms with Crippen molar-refractivity contribution in [2.45, 2.75) is 6.92 Å². The fraction of sp³-hybridized carbons (Fsp3) is 0.455. The van der Waals surface area contributed by atoms with Crippen LogP contribution in [0.25, 0.3) is 5.95 Å². The zero-order chi connectivity index (χ0) is 15.3. The van der Waals surface area contributed by atoms with E-state index in [1.807, 2.05) is 6.92 Å². The summed E-state index contributed by atoms with van der Waals surface area (Å²) in [5.74, 6) is 1.14. The highest BCUT2D eigenvalue weighted by Gasteiger charge is 2.08. The molecular weight excluding hydrogens is 294 g/mol. The topological polar surface area (TPSA) is 115 Å². The Hall–Kier alpha value is -2.23. The van der Waals surface area contributed by atoms with Gasteiger partial charge in [0.15, 0.2) is 0 Å². The molecule has 10 heteroatoms. The first-order chi connectivity index (χ1) is 9.98. The van der Waals surface area contributed by atoms with Gasteiger partial charge in [0, 0.05) is 31.7 Å². The van der Waals surface area contributed by atoms with E-state index in [1.54, 1.807) is 23.3 Å². The van der Waals surface area contributed by atoms with Crippen molar-refractivity contribution in [2.24, 2.45) is 0 Å². The molecular formula is C11H17N7O2S. The number of nitrogens with one attached hydrogen (secondary N) is 2. The van der Waals surface area contributed by atoms with Gasteiger partial charge in [-0.05, 0) is 6.92 Å². The van der Waals surface area contributed by atoms with Crippen LogP contribution < -0.4 is 10.6 Å². The summed E-state index contributed by atoms with van der Waals surface area (Å²) in [6.07, 6.45) is 6.09. The van der Waals surface area contributed by atoms with Gasteiger partial charge in [0.25, 0.3) is 0 Å². The minimum atomic E-state index is -3.03. The number of sulfone groups is 1. The van der Waals surface area contributed by atoms with Crippen LogP contribution in [0.15, 0.2) is 18.7 Å². The van der Waals surface area contributed by atoms with E-state index in [2.05, 4.69) is 30.6 Å². The lowest BCUT2D eigenvalue weighted by Crippen LogP contribution is -2.17. The summed E-state index contributed by atoms with van der Waals surface area (Å²) in [6, 6.07) is 0. The molecule has 2 aromatic rings. The minimum absolute atomic E-state index is 0.00955. The maximum atomic E-state index is 11.1. The van der Waals surface area contributed by atoms with Crippen LogP contribution in [0, 0.1) is 0 Å². The fourth-order valence-corrected chi connectivity index (χ4v) is 1.99. The summed E-state index contributed by atoms with van der Waals surface area (Å²) >= 11 is 0. The average molecular weight is 311 g/mol. The summed E-state index contributed by atoms with van der Waals surface area (Å²) in [6.45, 7) is 2.82. The molecule has 114 valence electrons. The minimum Gasteiger partial charge on any atom is -0.354 e. The van der Waals surface area contributed by atoms with E-state index in [-0.39, 0.29) is 12.3 Å². The Kier molecular flexibility index (Phi) is 4.68. The molecule has 0 unspecified atom stereocenters. The van der Waals surface area contributed by atoms with Crippen LogP contribution in [0.5, 0.6) is 0 Å². The van der Waals surface area contributed by atoms with Crippen LogP contribution in [0.1, 0.15) is 6.92 Å². The Labute approximate surface area is 122 Å². The maximum absolute atomic E-state index is 11.1. The third-order valence-corrected chi connectivity index (χ3v) is 3.40. The first-order valence-corrected chi connectivity index (χ1v) is 8.44. The Morgan fingerprint density at radius 3 is 2.48 bits per heavy atom. The molecule has 9 nitrogen and oxygen atoms in total. The van der Waals surface area contributed by atoms with Crippen molar-refractivity contribution in [3.8, 4) is 5.95 Å². The number of anilines is 2. The fourth-order valence-electron chi connectivity index (χ4n) is 1.52. The van der Waals surface area contributed by atoms with E-state index in [0.717, 1.165) is 0 Å². The van der Waals surface area contributed by atoms with E-state index in [9.17, 15) is 8.42 Å². The van der Waals surface area contributed by atoms with Crippen molar-refractivity contribution in [2.75, 3.05) is 35.7 Å².